The van der Waals surface area contributed by atoms with Gasteiger partial charge in [-0.15, -0.1) is 0 Å². The Hall–Kier alpha value is -2.52. The Morgan fingerprint density at radius 1 is 1.06 bits per heavy atom. The first kappa shape index (κ1) is 21.7. The van der Waals surface area contributed by atoms with Crippen LogP contribution >= 0.6 is 23.2 Å². The lowest BCUT2D eigenvalue weighted by molar-refractivity contribution is -0.117. The SMILES string of the molecule is O=C(CN1CCN(Cc2nc(-c3ccc(Cl)cc3)no2)CC1)Nc1ccc(F)c(Cl)c1. The van der Waals surface area contributed by atoms with Gasteiger partial charge in [0.1, 0.15) is 5.82 Å². The van der Waals surface area contributed by atoms with Gasteiger partial charge in [-0.25, -0.2) is 4.39 Å². The third-order valence-electron chi connectivity index (χ3n) is 4.96. The average molecular weight is 464 g/mol. The summed E-state index contributed by atoms with van der Waals surface area (Å²) in [5, 5.41) is 7.41. The summed E-state index contributed by atoms with van der Waals surface area (Å²) in [7, 11) is 0. The third kappa shape index (κ3) is 5.80. The van der Waals surface area contributed by atoms with E-state index in [9.17, 15) is 9.18 Å². The number of nitrogens with zero attached hydrogens (tertiary/aromatic N) is 4. The van der Waals surface area contributed by atoms with Crippen LogP contribution in [-0.4, -0.2) is 58.6 Å². The number of amides is 1. The summed E-state index contributed by atoms with van der Waals surface area (Å²) in [6, 6.07) is 11.4. The van der Waals surface area contributed by atoms with Crippen LogP contribution in [0.3, 0.4) is 0 Å². The molecule has 3 aromatic rings. The fraction of sp³-hybridized carbons (Fsp3) is 0.286. The molecule has 7 nitrogen and oxygen atoms in total. The molecule has 1 amide bonds. The fourth-order valence-corrected chi connectivity index (χ4v) is 3.62. The van der Waals surface area contributed by atoms with E-state index in [2.05, 4.69) is 25.3 Å². The van der Waals surface area contributed by atoms with Gasteiger partial charge in [0.25, 0.3) is 0 Å². The second-order valence-electron chi connectivity index (χ2n) is 7.25. The molecule has 1 aliphatic heterocycles. The Balaban J connectivity index is 1.24. The summed E-state index contributed by atoms with van der Waals surface area (Å²) >= 11 is 11.7. The van der Waals surface area contributed by atoms with E-state index in [1.165, 1.54) is 18.2 Å². The molecule has 1 N–H and O–H groups in total. The van der Waals surface area contributed by atoms with Crippen molar-refractivity contribution in [3.05, 3.63) is 64.2 Å². The molecule has 0 radical (unpaired) electrons. The van der Waals surface area contributed by atoms with Gasteiger partial charge < -0.3 is 9.84 Å². The molecule has 0 aliphatic carbocycles. The highest BCUT2D eigenvalue weighted by molar-refractivity contribution is 6.31. The number of carbonyl (C=O) groups excluding carboxylic acids is 1. The number of aromatic nitrogens is 2. The standard InChI is InChI=1S/C21H20Cl2FN5O2/c22-15-3-1-14(2-4-15)21-26-20(31-27-21)13-29-9-7-28(8-10-29)12-19(30)25-16-5-6-18(24)17(23)11-16/h1-6,11H,7-10,12-13H2,(H,25,30). The highest BCUT2D eigenvalue weighted by Crippen LogP contribution is 2.20. The van der Waals surface area contributed by atoms with Crippen LogP contribution in [0, 0.1) is 5.82 Å². The minimum absolute atomic E-state index is 0.0216. The number of halogens is 3. The highest BCUT2D eigenvalue weighted by Gasteiger charge is 2.21. The zero-order valence-corrected chi connectivity index (χ0v) is 18.0. The molecule has 1 aliphatic rings. The Bertz CT molecular complexity index is 1050. The number of anilines is 1. The fourth-order valence-electron chi connectivity index (χ4n) is 3.31. The van der Waals surface area contributed by atoms with Crippen molar-refractivity contribution < 1.29 is 13.7 Å². The lowest BCUT2D eigenvalue weighted by Gasteiger charge is -2.33. The van der Waals surface area contributed by atoms with Crippen LogP contribution in [0.4, 0.5) is 10.1 Å². The van der Waals surface area contributed by atoms with Crippen molar-refractivity contribution in [2.45, 2.75) is 6.54 Å². The van der Waals surface area contributed by atoms with Crippen molar-refractivity contribution in [3.8, 4) is 11.4 Å². The predicted molar refractivity (Wildman–Crippen MR) is 117 cm³/mol. The van der Waals surface area contributed by atoms with E-state index in [1.54, 1.807) is 12.1 Å². The number of rotatable bonds is 6. The largest absolute Gasteiger partial charge is 0.338 e. The van der Waals surface area contributed by atoms with Crippen molar-refractivity contribution in [1.29, 1.82) is 0 Å². The molecule has 162 valence electrons. The maximum Gasteiger partial charge on any atom is 0.241 e. The smallest absolute Gasteiger partial charge is 0.241 e. The van der Waals surface area contributed by atoms with Crippen LogP contribution in [0.15, 0.2) is 47.0 Å². The van der Waals surface area contributed by atoms with E-state index in [-0.39, 0.29) is 17.5 Å². The van der Waals surface area contributed by atoms with Crippen LogP contribution in [0.5, 0.6) is 0 Å². The summed E-state index contributed by atoms with van der Waals surface area (Å²) in [5.41, 5.74) is 1.32. The summed E-state index contributed by atoms with van der Waals surface area (Å²) in [6.45, 7) is 3.81. The molecular formula is C21H20Cl2FN5O2. The zero-order chi connectivity index (χ0) is 21.8. The Kier molecular flexibility index (Phi) is 6.82. The summed E-state index contributed by atoms with van der Waals surface area (Å²) < 4.78 is 18.6. The monoisotopic (exact) mass is 463 g/mol. The number of benzene rings is 2. The highest BCUT2D eigenvalue weighted by atomic mass is 35.5. The quantitative estimate of drug-likeness (QED) is 0.596. The van der Waals surface area contributed by atoms with Crippen LogP contribution in [-0.2, 0) is 11.3 Å². The maximum absolute atomic E-state index is 13.2. The molecule has 10 heteroatoms. The normalized spacial score (nSPS) is 15.2. The minimum Gasteiger partial charge on any atom is -0.338 e. The number of nitrogens with one attached hydrogen (secondary N) is 1. The molecule has 1 saturated heterocycles. The van der Waals surface area contributed by atoms with Gasteiger partial charge in [-0.3, -0.25) is 14.6 Å². The van der Waals surface area contributed by atoms with E-state index in [4.69, 9.17) is 27.7 Å². The van der Waals surface area contributed by atoms with E-state index in [1.807, 2.05) is 12.1 Å². The molecule has 1 aromatic heterocycles. The van der Waals surface area contributed by atoms with Gasteiger partial charge in [-0.2, -0.15) is 4.98 Å². The van der Waals surface area contributed by atoms with E-state index < -0.39 is 5.82 Å². The summed E-state index contributed by atoms with van der Waals surface area (Å²) in [6.07, 6.45) is 0. The first-order valence-corrected chi connectivity index (χ1v) is 10.5. The molecule has 0 spiro atoms. The Labute approximate surface area is 188 Å². The third-order valence-corrected chi connectivity index (χ3v) is 5.51. The zero-order valence-electron chi connectivity index (χ0n) is 16.5. The average Bonchev–Trinajstić information content (AvgIpc) is 3.21. The first-order valence-electron chi connectivity index (χ1n) is 9.74. The van der Waals surface area contributed by atoms with E-state index in [0.29, 0.717) is 29.0 Å². The maximum atomic E-state index is 13.2. The van der Waals surface area contributed by atoms with Gasteiger partial charge in [-0.05, 0) is 42.5 Å². The Morgan fingerprint density at radius 2 is 1.77 bits per heavy atom. The lowest BCUT2D eigenvalue weighted by Crippen LogP contribution is -2.48. The molecule has 0 unspecified atom stereocenters. The molecular weight excluding hydrogens is 444 g/mol. The van der Waals surface area contributed by atoms with Crippen LogP contribution in [0.25, 0.3) is 11.4 Å². The minimum atomic E-state index is -0.516. The number of piperazine rings is 1. The predicted octanol–water partition coefficient (Wildman–Crippen LogP) is 3.94. The van der Waals surface area contributed by atoms with Gasteiger partial charge in [0.2, 0.25) is 17.6 Å². The lowest BCUT2D eigenvalue weighted by atomic mass is 10.2. The number of hydrogen-bond acceptors (Lipinski definition) is 6. The van der Waals surface area contributed by atoms with Gasteiger partial charge in [0.05, 0.1) is 18.1 Å². The molecule has 1 fully saturated rings. The molecule has 2 aromatic carbocycles. The molecule has 4 rings (SSSR count). The van der Waals surface area contributed by atoms with Crippen LogP contribution < -0.4 is 5.32 Å². The topological polar surface area (TPSA) is 74.5 Å². The Morgan fingerprint density at radius 3 is 2.48 bits per heavy atom. The van der Waals surface area contributed by atoms with Crippen LogP contribution in [0.2, 0.25) is 10.0 Å². The first-order chi connectivity index (χ1) is 15.0. The van der Waals surface area contributed by atoms with Crippen molar-refractivity contribution in [1.82, 2.24) is 19.9 Å². The van der Waals surface area contributed by atoms with Crippen molar-refractivity contribution in [2.75, 3.05) is 38.0 Å². The van der Waals surface area contributed by atoms with Gasteiger partial charge in [-0.1, -0.05) is 28.4 Å². The molecule has 0 bridgehead atoms. The molecule has 31 heavy (non-hydrogen) atoms. The van der Waals surface area contributed by atoms with Gasteiger partial charge >= 0.3 is 0 Å². The second-order valence-corrected chi connectivity index (χ2v) is 8.09. The molecule has 2 heterocycles. The molecule has 0 saturated carbocycles. The molecule has 0 atom stereocenters. The van der Waals surface area contributed by atoms with E-state index >= 15 is 0 Å². The number of hydrogen-bond donors (Lipinski definition) is 1. The van der Waals surface area contributed by atoms with E-state index in [0.717, 1.165) is 31.7 Å². The second kappa shape index (κ2) is 9.74. The van der Waals surface area contributed by atoms with Crippen molar-refractivity contribution in [3.63, 3.8) is 0 Å². The van der Waals surface area contributed by atoms with Gasteiger partial charge in [0.15, 0.2) is 0 Å². The summed E-state index contributed by atoms with van der Waals surface area (Å²) in [4.78, 5) is 21.0. The number of carbonyl (C=O) groups is 1. The van der Waals surface area contributed by atoms with Crippen LogP contribution in [0.1, 0.15) is 5.89 Å². The van der Waals surface area contributed by atoms with Gasteiger partial charge in [0, 0.05) is 42.5 Å². The van der Waals surface area contributed by atoms with Crippen molar-refractivity contribution >= 4 is 34.8 Å². The summed E-state index contributed by atoms with van der Waals surface area (Å²) in [5.74, 6) is 0.394. The van der Waals surface area contributed by atoms with Crippen molar-refractivity contribution in [2.24, 2.45) is 0 Å².